The largest absolute Gasteiger partial charge is 0.490 e. The van der Waals surface area contributed by atoms with Crippen molar-refractivity contribution in [1.29, 1.82) is 0 Å². The second-order valence-corrected chi connectivity index (χ2v) is 7.48. The van der Waals surface area contributed by atoms with Crippen LogP contribution in [0.15, 0.2) is 18.2 Å². The van der Waals surface area contributed by atoms with E-state index in [9.17, 15) is 10.2 Å². The summed E-state index contributed by atoms with van der Waals surface area (Å²) >= 11 is 11.9. The molecule has 0 bridgehead atoms. The molecule has 2 fully saturated rings. The Bertz CT molecular complexity index is 525. The molecule has 3 rings (SSSR count). The van der Waals surface area contributed by atoms with Crippen LogP contribution in [0, 0.1) is 5.92 Å². The fraction of sp³-hybridized carbons (Fsp3) is 0.647. The van der Waals surface area contributed by atoms with Gasteiger partial charge in [0.25, 0.3) is 0 Å². The molecule has 1 aromatic rings. The van der Waals surface area contributed by atoms with Crippen molar-refractivity contribution in [2.24, 2.45) is 5.92 Å². The Morgan fingerprint density at radius 3 is 2.30 bits per heavy atom. The summed E-state index contributed by atoms with van der Waals surface area (Å²) in [4.78, 5) is 2.41. The molecule has 1 aromatic carbocycles. The highest BCUT2D eigenvalue weighted by molar-refractivity contribution is 6.42. The normalized spacial score (nSPS) is 29.8. The molecule has 1 heterocycles. The van der Waals surface area contributed by atoms with Crippen LogP contribution in [0.2, 0.25) is 10.0 Å². The summed E-state index contributed by atoms with van der Waals surface area (Å²) < 4.78 is 5.99. The molecule has 2 aliphatic rings. The van der Waals surface area contributed by atoms with Crippen molar-refractivity contribution in [3.8, 4) is 5.75 Å². The number of aliphatic hydroxyl groups excluding tert-OH is 2. The van der Waals surface area contributed by atoms with Gasteiger partial charge in [-0.25, -0.2) is 0 Å². The molecule has 6 heteroatoms. The number of likely N-dealkylation sites (tertiary alicyclic amines) is 1. The molecule has 1 unspecified atom stereocenters. The summed E-state index contributed by atoms with van der Waals surface area (Å²) in [6, 6.07) is 5.37. The van der Waals surface area contributed by atoms with Crippen LogP contribution >= 0.6 is 23.2 Å². The molecule has 0 radical (unpaired) electrons. The molecule has 4 nitrogen and oxygen atoms in total. The summed E-state index contributed by atoms with van der Waals surface area (Å²) in [5.74, 6) is 1.16. The first-order valence-electron chi connectivity index (χ1n) is 8.21. The average molecular weight is 360 g/mol. The zero-order valence-corrected chi connectivity index (χ0v) is 14.5. The van der Waals surface area contributed by atoms with Crippen molar-refractivity contribution >= 4 is 23.2 Å². The Labute approximate surface area is 147 Å². The van der Waals surface area contributed by atoms with E-state index in [2.05, 4.69) is 4.90 Å². The minimum absolute atomic E-state index is 0.197. The van der Waals surface area contributed by atoms with Gasteiger partial charge in [0.15, 0.2) is 0 Å². The van der Waals surface area contributed by atoms with E-state index in [4.69, 9.17) is 27.9 Å². The first-order valence-corrected chi connectivity index (χ1v) is 8.97. The molecule has 1 saturated heterocycles. The van der Waals surface area contributed by atoms with Gasteiger partial charge in [-0.15, -0.1) is 0 Å². The molecule has 0 spiro atoms. The highest BCUT2D eigenvalue weighted by Gasteiger charge is 2.33. The lowest BCUT2D eigenvalue weighted by atomic mass is 10.0. The van der Waals surface area contributed by atoms with E-state index in [1.165, 1.54) is 0 Å². The lowest BCUT2D eigenvalue weighted by Gasteiger charge is -2.33. The minimum Gasteiger partial charge on any atom is -0.490 e. The van der Waals surface area contributed by atoms with Crippen molar-refractivity contribution < 1.29 is 14.9 Å². The zero-order chi connectivity index (χ0) is 16.4. The Morgan fingerprint density at radius 2 is 1.70 bits per heavy atom. The van der Waals surface area contributed by atoms with E-state index in [0.29, 0.717) is 28.8 Å². The maximum atomic E-state index is 9.64. The Balaban J connectivity index is 1.44. The van der Waals surface area contributed by atoms with Gasteiger partial charge in [0, 0.05) is 25.7 Å². The maximum absolute atomic E-state index is 9.64. The molecule has 1 aliphatic heterocycles. The van der Waals surface area contributed by atoms with E-state index < -0.39 is 12.2 Å². The smallest absolute Gasteiger partial charge is 0.121 e. The first-order chi connectivity index (χ1) is 11.0. The van der Waals surface area contributed by atoms with E-state index in [-0.39, 0.29) is 6.10 Å². The van der Waals surface area contributed by atoms with Crippen molar-refractivity contribution in [3.05, 3.63) is 28.2 Å². The Kier molecular flexibility index (Phi) is 5.70. The molecule has 3 atom stereocenters. The third-order valence-electron chi connectivity index (χ3n) is 4.84. The standard InChI is InChI=1S/C17H23Cl2NO3/c18-14-2-1-13(9-15(14)19)23-12-3-5-20(6-4-12)10-11-7-16(21)17(22)8-11/h1-2,9,11-12,16-17,21-22H,3-8,10H2/t11?,16-,17+. The monoisotopic (exact) mass is 359 g/mol. The molecular weight excluding hydrogens is 337 g/mol. The summed E-state index contributed by atoms with van der Waals surface area (Å²) in [6.07, 6.45) is 2.46. The van der Waals surface area contributed by atoms with Crippen LogP contribution in [0.5, 0.6) is 5.75 Å². The maximum Gasteiger partial charge on any atom is 0.121 e. The van der Waals surface area contributed by atoms with Gasteiger partial charge in [-0.2, -0.15) is 0 Å². The summed E-state index contributed by atoms with van der Waals surface area (Å²) in [5, 5.41) is 20.3. The lowest BCUT2D eigenvalue weighted by Crippen LogP contribution is -2.40. The molecule has 23 heavy (non-hydrogen) atoms. The van der Waals surface area contributed by atoms with Crippen molar-refractivity contribution in [1.82, 2.24) is 4.90 Å². The van der Waals surface area contributed by atoms with Crippen molar-refractivity contribution in [3.63, 3.8) is 0 Å². The number of piperidine rings is 1. The van der Waals surface area contributed by atoms with Crippen LogP contribution in [-0.4, -0.2) is 53.1 Å². The van der Waals surface area contributed by atoms with Gasteiger partial charge < -0.3 is 19.8 Å². The molecular formula is C17H23Cl2NO3. The minimum atomic E-state index is -0.546. The van der Waals surface area contributed by atoms with Gasteiger partial charge in [0.2, 0.25) is 0 Å². The van der Waals surface area contributed by atoms with Crippen LogP contribution in [-0.2, 0) is 0 Å². The van der Waals surface area contributed by atoms with Crippen LogP contribution < -0.4 is 4.74 Å². The molecule has 128 valence electrons. The summed E-state index contributed by atoms with van der Waals surface area (Å²) in [7, 11) is 0. The number of ether oxygens (including phenoxy) is 1. The van der Waals surface area contributed by atoms with Crippen LogP contribution in [0.1, 0.15) is 25.7 Å². The van der Waals surface area contributed by atoms with E-state index >= 15 is 0 Å². The number of halogens is 2. The van der Waals surface area contributed by atoms with Crippen molar-refractivity contribution in [2.75, 3.05) is 19.6 Å². The van der Waals surface area contributed by atoms with Crippen LogP contribution in [0.3, 0.4) is 0 Å². The fourth-order valence-corrected chi connectivity index (χ4v) is 3.85. The van der Waals surface area contributed by atoms with Gasteiger partial charge in [-0.1, -0.05) is 23.2 Å². The van der Waals surface area contributed by atoms with Gasteiger partial charge in [-0.3, -0.25) is 0 Å². The molecule has 0 amide bonds. The molecule has 1 saturated carbocycles. The number of aliphatic hydroxyl groups is 2. The van der Waals surface area contributed by atoms with E-state index in [1.807, 2.05) is 6.07 Å². The predicted molar refractivity (Wildman–Crippen MR) is 91.3 cm³/mol. The number of hydrogen-bond donors (Lipinski definition) is 2. The summed E-state index contributed by atoms with van der Waals surface area (Å²) in [6.45, 7) is 2.91. The number of hydrogen-bond acceptors (Lipinski definition) is 4. The molecule has 0 aromatic heterocycles. The highest BCUT2D eigenvalue weighted by atomic mass is 35.5. The first kappa shape index (κ1) is 17.3. The third kappa shape index (κ3) is 4.52. The summed E-state index contributed by atoms with van der Waals surface area (Å²) in [5.41, 5.74) is 0. The molecule has 1 aliphatic carbocycles. The second kappa shape index (κ2) is 7.58. The van der Waals surface area contributed by atoms with Crippen LogP contribution in [0.4, 0.5) is 0 Å². The second-order valence-electron chi connectivity index (χ2n) is 6.67. The topological polar surface area (TPSA) is 52.9 Å². The Morgan fingerprint density at radius 1 is 1.04 bits per heavy atom. The molecule has 2 N–H and O–H groups in total. The van der Waals surface area contributed by atoms with Gasteiger partial charge in [-0.05, 0) is 43.7 Å². The van der Waals surface area contributed by atoms with E-state index in [1.54, 1.807) is 12.1 Å². The third-order valence-corrected chi connectivity index (χ3v) is 5.58. The van der Waals surface area contributed by atoms with Gasteiger partial charge >= 0.3 is 0 Å². The van der Waals surface area contributed by atoms with Crippen molar-refractivity contribution in [2.45, 2.75) is 44.0 Å². The zero-order valence-electron chi connectivity index (χ0n) is 13.0. The van der Waals surface area contributed by atoms with E-state index in [0.717, 1.165) is 38.2 Å². The Hall–Kier alpha value is -0.520. The number of benzene rings is 1. The quantitative estimate of drug-likeness (QED) is 0.867. The highest BCUT2D eigenvalue weighted by Crippen LogP contribution is 2.30. The SMILES string of the molecule is O[C@@H]1CC(CN2CCC(Oc3ccc(Cl)c(Cl)c3)CC2)C[C@@H]1O. The number of rotatable bonds is 4. The van der Waals surface area contributed by atoms with Crippen LogP contribution in [0.25, 0.3) is 0 Å². The lowest BCUT2D eigenvalue weighted by molar-refractivity contribution is 0.0438. The van der Waals surface area contributed by atoms with Gasteiger partial charge in [0.1, 0.15) is 11.9 Å². The predicted octanol–water partition coefficient (Wildman–Crippen LogP) is 2.97. The van der Waals surface area contributed by atoms with Gasteiger partial charge in [0.05, 0.1) is 22.3 Å². The number of nitrogens with zero attached hydrogens (tertiary/aromatic N) is 1. The fourth-order valence-electron chi connectivity index (χ4n) is 3.56. The average Bonchev–Trinajstić information content (AvgIpc) is 2.83.